The standard InChI is InChI=1S/C30H29F2N7O2/c1-37(2)15-28(40)34-19-10-23(31)29(24(32)11-19)21-12-22-25(8-18(21)13-33)35-36-30(22)17-4-5-26-27(9-17)41-16-20-14-38(3)6-7-39(20)26/h4-5,8-12,20H,6-7,14-16H2,1-3H3,(H,34,40)(H,35,36). The Morgan fingerprint density at radius 2 is 1.98 bits per heavy atom. The Balaban J connectivity index is 1.38. The van der Waals surface area contributed by atoms with Gasteiger partial charge in [0.15, 0.2) is 0 Å². The average Bonchev–Trinajstić information content (AvgIpc) is 3.34. The molecule has 1 fully saturated rings. The number of fused-ring (bicyclic) bond motifs is 4. The fourth-order valence-electron chi connectivity index (χ4n) is 5.64. The molecule has 1 saturated heterocycles. The molecule has 6 rings (SSSR count). The molecule has 1 unspecified atom stereocenters. The van der Waals surface area contributed by atoms with E-state index in [0.29, 0.717) is 29.2 Å². The first-order valence-electron chi connectivity index (χ1n) is 13.3. The van der Waals surface area contributed by atoms with Crippen LogP contribution in [0.5, 0.6) is 5.75 Å². The molecule has 3 heterocycles. The zero-order valence-electron chi connectivity index (χ0n) is 23.0. The Labute approximate surface area is 235 Å². The molecule has 0 saturated carbocycles. The number of nitrogens with zero attached hydrogens (tertiary/aromatic N) is 5. The Bertz CT molecular complexity index is 1690. The maximum Gasteiger partial charge on any atom is 0.238 e. The van der Waals surface area contributed by atoms with Gasteiger partial charge in [0.1, 0.15) is 29.7 Å². The van der Waals surface area contributed by atoms with Gasteiger partial charge in [-0.1, -0.05) is 6.07 Å². The van der Waals surface area contributed by atoms with E-state index in [-0.39, 0.29) is 28.9 Å². The quantitative estimate of drug-likeness (QED) is 0.382. The number of hydrogen-bond donors (Lipinski definition) is 2. The van der Waals surface area contributed by atoms with E-state index in [1.807, 2.05) is 24.3 Å². The summed E-state index contributed by atoms with van der Waals surface area (Å²) in [6.07, 6.45) is 0. The summed E-state index contributed by atoms with van der Waals surface area (Å²) >= 11 is 0. The van der Waals surface area contributed by atoms with E-state index < -0.39 is 17.5 Å². The lowest BCUT2D eigenvalue weighted by molar-refractivity contribution is -0.116. The van der Waals surface area contributed by atoms with Crippen LogP contribution in [0.25, 0.3) is 33.3 Å². The summed E-state index contributed by atoms with van der Waals surface area (Å²) in [6.45, 7) is 3.47. The number of aromatic amines is 1. The molecule has 9 nitrogen and oxygen atoms in total. The van der Waals surface area contributed by atoms with Crippen molar-refractivity contribution in [3.05, 3.63) is 59.7 Å². The number of carbonyl (C=O) groups excluding carboxylic acids is 1. The molecule has 2 aliphatic heterocycles. The number of halogens is 2. The first-order chi connectivity index (χ1) is 19.7. The molecule has 0 bridgehead atoms. The number of rotatable bonds is 5. The van der Waals surface area contributed by atoms with Crippen molar-refractivity contribution in [2.75, 3.05) is 64.1 Å². The largest absolute Gasteiger partial charge is 0.489 e. The molecule has 3 aromatic carbocycles. The normalized spacial score (nSPS) is 16.7. The second kappa shape index (κ2) is 10.5. The molecule has 4 aromatic rings. The van der Waals surface area contributed by atoms with Crippen LogP contribution in [0.2, 0.25) is 0 Å². The van der Waals surface area contributed by atoms with Gasteiger partial charge in [-0.2, -0.15) is 10.4 Å². The van der Waals surface area contributed by atoms with Gasteiger partial charge in [-0.05, 0) is 57.5 Å². The first-order valence-corrected chi connectivity index (χ1v) is 13.3. The van der Waals surface area contributed by atoms with Crippen molar-refractivity contribution in [3.8, 4) is 34.2 Å². The van der Waals surface area contributed by atoms with Crippen LogP contribution in [-0.2, 0) is 4.79 Å². The van der Waals surface area contributed by atoms with Gasteiger partial charge in [-0.3, -0.25) is 9.89 Å². The molecular formula is C30H29F2N7O2. The second-order valence-corrected chi connectivity index (χ2v) is 10.8. The highest BCUT2D eigenvalue weighted by atomic mass is 19.1. The van der Waals surface area contributed by atoms with Crippen molar-refractivity contribution in [3.63, 3.8) is 0 Å². The zero-order chi connectivity index (χ0) is 28.8. The number of hydrogen-bond acceptors (Lipinski definition) is 7. The molecule has 210 valence electrons. The molecule has 1 aromatic heterocycles. The Kier molecular flexibility index (Phi) is 6.81. The first kappa shape index (κ1) is 26.7. The summed E-state index contributed by atoms with van der Waals surface area (Å²) in [6, 6.07) is 13.5. The fourth-order valence-corrected chi connectivity index (χ4v) is 5.64. The highest BCUT2D eigenvalue weighted by molar-refractivity contribution is 5.98. The summed E-state index contributed by atoms with van der Waals surface area (Å²) < 4.78 is 36.9. The van der Waals surface area contributed by atoms with Crippen LogP contribution in [0.15, 0.2) is 42.5 Å². The molecule has 11 heteroatoms. The van der Waals surface area contributed by atoms with Gasteiger partial charge in [0.25, 0.3) is 0 Å². The number of ether oxygens (including phenoxy) is 1. The van der Waals surface area contributed by atoms with Crippen LogP contribution >= 0.6 is 0 Å². The lowest BCUT2D eigenvalue weighted by Gasteiger charge is -2.44. The van der Waals surface area contributed by atoms with Crippen LogP contribution in [0.4, 0.5) is 20.2 Å². The number of piperazine rings is 1. The number of nitriles is 1. The zero-order valence-corrected chi connectivity index (χ0v) is 23.0. The minimum atomic E-state index is -0.894. The number of amides is 1. The summed E-state index contributed by atoms with van der Waals surface area (Å²) in [5.41, 5.74) is 2.78. The molecule has 41 heavy (non-hydrogen) atoms. The number of likely N-dealkylation sites (N-methyl/N-ethyl adjacent to an activating group) is 2. The maximum atomic E-state index is 15.4. The minimum Gasteiger partial charge on any atom is -0.489 e. The van der Waals surface area contributed by atoms with Gasteiger partial charge < -0.3 is 24.8 Å². The van der Waals surface area contributed by atoms with Gasteiger partial charge in [-0.25, -0.2) is 8.78 Å². The summed E-state index contributed by atoms with van der Waals surface area (Å²) in [4.78, 5) is 18.4. The predicted octanol–water partition coefficient (Wildman–Crippen LogP) is 4.06. The molecule has 0 aliphatic carbocycles. The van der Waals surface area contributed by atoms with Crippen molar-refractivity contribution in [2.24, 2.45) is 0 Å². The third kappa shape index (κ3) is 4.96. The van der Waals surface area contributed by atoms with Crippen molar-refractivity contribution in [2.45, 2.75) is 6.04 Å². The van der Waals surface area contributed by atoms with Gasteiger partial charge in [-0.15, -0.1) is 0 Å². The highest BCUT2D eigenvalue weighted by Gasteiger charge is 2.32. The van der Waals surface area contributed by atoms with Gasteiger partial charge in [0, 0.05) is 41.8 Å². The number of H-pyrrole nitrogens is 1. The fraction of sp³-hybridized carbons (Fsp3) is 0.300. The Morgan fingerprint density at radius 1 is 1.20 bits per heavy atom. The van der Waals surface area contributed by atoms with E-state index in [1.165, 1.54) is 6.07 Å². The smallest absolute Gasteiger partial charge is 0.238 e. The third-order valence-corrected chi connectivity index (χ3v) is 7.54. The van der Waals surface area contributed by atoms with Crippen LogP contribution in [0.1, 0.15) is 5.56 Å². The molecule has 2 N–H and O–H groups in total. The van der Waals surface area contributed by atoms with Gasteiger partial charge in [0.2, 0.25) is 5.91 Å². The van der Waals surface area contributed by atoms with E-state index in [0.717, 1.165) is 48.8 Å². The highest BCUT2D eigenvalue weighted by Crippen LogP contribution is 2.41. The number of benzene rings is 3. The molecule has 1 amide bonds. The summed E-state index contributed by atoms with van der Waals surface area (Å²) in [7, 11) is 5.54. The van der Waals surface area contributed by atoms with Crippen LogP contribution in [-0.4, -0.2) is 85.9 Å². The van der Waals surface area contributed by atoms with Crippen LogP contribution in [0, 0.1) is 23.0 Å². The van der Waals surface area contributed by atoms with Crippen molar-refractivity contribution >= 4 is 28.2 Å². The molecule has 0 spiro atoms. The van der Waals surface area contributed by atoms with E-state index in [9.17, 15) is 10.1 Å². The molecular weight excluding hydrogens is 528 g/mol. The Morgan fingerprint density at radius 3 is 2.71 bits per heavy atom. The summed E-state index contributed by atoms with van der Waals surface area (Å²) in [5.74, 6) is -1.43. The lowest BCUT2D eigenvalue weighted by atomic mass is 9.95. The molecule has 0 radical (unpaired) electrons. The SMILES string of the molecule is CN(C)CC(=O)Nc1cc(F)c(-c2cc3c(-c4ccc5c(c4)OCC4CN(C)CCN54)n[nH]c3cc2C#N)c(F)c1. The second-order valence-electron chi connectivity index (χ2n) is 10.8. The minimum absolute atomic E-state index is 0.00386. The van der Waals surface area contributed by atoms with E-state index in [1.54, 1.807) is 25.1 Å². The van der Waals surface area contributed by atoms with E-state index in [2.05, 4.69) is 32.4 Å². The number of anilines is 2. The topological polar surface area (TPSA) is 101 Å². The summed E-state index contributed by atoms with van der Waals surface area (Å²) in [5, 5.41) is 20.4. The molecule has 1 atom stereocenters. The van der Waals surface area contributed by atoms with E-state index in [4.69, 9.17) is 4.74 Å². The number of carbonyl (C=O) groups is 1. The van der Waals surface area contributed by atoms with Gasteiger partial charge in [0.05, 0.1) is 41.0 Å². The van der Waals surface area contributed by atoms with Crippen LogP contribution in [0.3, 0.4) is 0 Å². The molecule has 2 aliphatic rings. The Hall–Kier alpha value is -4.53. The van der Waals surface area contributed by atoms with Crippen LogP contribution < -0.4 is 15.0 Å². The lowest BCUT2D eigenvalue weighted by Crippen LogP contribution is -2.56. The monoisotopic (exact) mass is 557 g/mol. The number of nitrogens with one attached hydrogen (secondary N) is 2. The van der Waals surface area contributed by atoms with Crippen molar-refractivity contribution < 1.29 is 18.3 Å². The predicted molar refractivity (Wildman–Crippen MR) is 153 cm³/mol. The third-order valence-electron chi connectivity index (χ3n) is 7.54. The maximum absolute atomic E-state index is 15.4. The van der Waals surface area contributed by atoms with Gasteiger partial charge >= 0.3 is 0 Å². The number of aromatic nitrogens is 2. The van der Waals surface area contributed by atoms with E-state index >= 15 is 8.78 Å². The van der Waals surface area contributed by atoms with Crippen molar-refractivity contribution in [1.82, 2.24) is 20.0 Å². The average molecular weight is 558 g/mol. The van der Waals surface area contributed by atoms with Crippen molar-refractivity contribution in [1.29, 1.82) is 5.26 Å².